The van der Waals surface area contributed by atoms with Crippen molar-refractivity contribution in [2.45, 2.75) is 59.0 Å². The number of rotatable bonds is 8. The molecule has 4 unspecified atom stereocenters. The highest BCUT2D eigenvalue weighted by Crippen LogP contribution is 2.42. The van der Waals surface area contributed by atoms with E-state index in [2.05, 4.69) is 22.9 Å². The highest BCUT2D eigenvalue weighted by Gasteiger charge is 2.50. The topological polar surface area (TPSA) is 93.6 Å². The van der Waals surface area contributed by atoms with Crippen LogP contribution in [0, 0.1) is 24.7 Å². The molecule has 3 aromatic carbocycles. The number of nitrogens with zero attached hydrogens (tertiary/aromatic N) is 2. The molecule has 2 heterocycles. The Labute approximate surface area is 281 Å². The smallest absolute Gasteiger partial charge is 0.339 e. The summed E-state index contributed by atoms with van der Waals surface area (Å²) in [5.74, 6) is -1.26. The van der Waals surface area contributed by atoms with Gasteiger partial charge in [-0.15, -0.1) is 0 Å². The number of pyridine rings is 1. The van der Waals surface area contributed by atoms with Crippen LogP contribution in [0.1, 0.15) is 72.2 Å². The SMILES string of the molecule is CCCC(OC(=O)c1cc(-c2ccc(N3C(=O)C4CCC(C)CC4C3=O)cc2)nc2c(C)c(Cl)c(Br)cc12)C(=O)c1ccccc1. The van der Waals surface area contributed by atoms with Crippen molar-refractivity contribution < 1.29 is 23.9 Å². The molecule has 0 bridgehead atoms. The van der Waals surface area contributed by atoms with E-state index in [1.807, 2.05) is 19.9 Å². The molecule has 4 aromatic rings. The first-order chi connectivity index (χ1) is 22.1. The summed E-state index contributed by atoms with van der Waals surface area (Å²) in [5, 5.41) is 1.00. The maximum absolute atomic E-state index is 13.9. The van der Waals surface area contributed by atoms with Gasteiger partial charge in [0.2, 0.25) is 17.6 Å². The van der Waals surface area contributed by atoms with E-state index in [-0.39, 0.29) is 35.0 Å². The van der Waals surface area contributed by atoms with Crippen molar-refractivity contribution in [2.75, 3.05) is 4.90 Å². The lowest BCUT2D eigenvalue weighted by molar-refractivity contribution is -0.122. The second-order valence-electron chi connectivity index (χ2n) is 12.4. The Morgan fingerprint density at radius 1 is 1.02 bits per heavy atom. The fourth-order valence-corrected chi connectivity index (χ4v) is 7.36. The van der Waals surface area contributed by atoms with E-state index < -0.39 is 12.1 Å². The number of esters is 1. The number of ketones is 1. The van der Waals surface area contributed by atoms with E-state index >= 15 is 0 Å². The molecule has 46 heavy (non-hydrogen) atoms. The largest absolute Gasteiger partial charge is 0.450 e. The van der Waals surface area contributed by atoms with Crippen LogP contribution in [0.4, 0.5) is 5.69 Å². The highest BCUT2D eigenvalue weighted by atomic mass is 79.9. The van der Waals surface area contributed by atoms with Crippen LogP contribution in [-0.2, 0) is 14.3 Å². The number of imide groups is 1. The van der Waals surface area contributed by atoms with Crippen LogP contribution in [0.15, 0.2) is 71.2 Å². The van der Waals surface area contributed by atoms with Crippen LogP contribution in [0.25, 0.3) is 22.2 Å². The summed E-state index contributed by atoms with van der Waals surface area (Å²) in [7, 11) is 0. The molecule has 2 fully saturated rings. The zero-order valence-electron chi connectivity index (χ0n) is 25.9. The summed E-state index contributed by atoms with van der Waals surface area (Å²) in [6.45, 7) is 5.89. The number of aryl methyl sites for hydroxylation is 1. The van der Waals surface area contributed by atoms with Crippen LogP contribution in [0.2, 0.25) is 5.02 Å². The quantitative estimate of drug-likeness (QED) is 0.104. The molecule has 1 aromatic heterocycles. The normalized spacial score (nSPS) is 20.1. The minimum Gasteiger partial charge on any atom is -0.450 e. The van der Waals surface area contributed by atoms with Gasteiger partial charge in [0.15, 0.2) is 6.10 Å². The third-order valence-electron chi connectivity index (χ3n) is 9.20. The Bertz CT molecular complexity index is 1860. The molecule has 236 valence electrons. The number of carbonyl (C=O) groups is 4. The first-order valence-corrected chi connectivity index (χ1v) is 16.8. The number of amides is 2. The van der Waals surface area contributed by atoms with Crippen LogP contribution in [0.3, 0.4) is 0 Å². The molecule has 0 spiro atoms. The summed E-state index contributed by atoms with van der Waals surface area (Å²) in [6, 6.07) is 19.3. The first-order valence-electron chi connectivity index (χ1n) is 15.7. The van der Waals surface area contributed by atoms with Crippen molar-refractivity contribution >= 4 is 67.7 Å². The number of benzene rings is 3. The number of ether oxygens (including phenoxy) is 1. The van der Waals surface area contributed by atoms with Gasteiger partial charge in [-0.3, -0.25) is 19.3 Å². The van der Waals surface area contributed by atoms with E-state index in [1.165, 1.54) is 4.90 Å². The number of hydrogen-bond acceptors (Lipinski definition) is 6. The zero-order chi connectivity index (χ0) is 32.7. The number of halogens is 2. The molecule has 1 aliphatic carbocycles. The lowest BCUT2D eigenvalue weighted by Crippen LogP contribution is -2.30. The van der Waals surface area contributed by atoms with Gasteiger partial charge in [-0.05, 0) is 84.3 Å². The molecule has 4 atom stereocenters. The summed E-state index contributed by atoms with van der Waals surface area (Å²) < 4.78 is 6.52. The van der Waals surface area contributed by atoms with Crippen molar-refractivity contribution in [1.29, 1.82) is 0 Å². The van der Waals surface area contributed by atoms with Gasteiger partial charge in [0.1, 0.15) is 0 Å². The van der Waals surface area contributed by atoms with Gasteiger partial charge in [0.25, 0.3) is 0 Å². The van der Waals surface area contributed by atoms with E-state index in [9.17, 15) is 19.2 Å². The number of aromatic nitrogens is 1. The Morgan fingerprint density at radius 2 is 1.72 bits per heavy atom. The van der Waals surface area contributed by atoms with Gasteiger partial charge in [0.05, 0.1) is 39.3 Å². The Kier molecular flexibility index (Phi) is 9.12. The monoisotopic (exact) mass is 700 g/mol. The minimum absolute atomic E-state index is 0.133. The van der Waals surface area contributed by atoms with Crippen molar-refractivity contribution in [3.05, 3.63) is 92.9 Å². The number of Topliss-reactive ketones (excluding diaryl/α,β-unsaturated/α-hetero) is 1. The molecule has 1 aliphatic heterocycles. The third-order valence-corrected chi connectivity index (χ3v) is 10.5. The predicted octanol–water partition coefficient (Wildman–Crippen LogP) is 8.76. The van der Waals surface area contributed by atoms with Crippen molar-refractivity contribution in [2.24, 2.45) is 17.8 Å². The fourth-order valence-electron chi connectivity index (χ4n) is 6.69. The minimum atomic E-state index is -0.954. The van der Waals surface area contributed by atoms with Crippen LogP contribution < -0.4 is 4.90 Å². The van der Waals surface area contributed by atoms with Gasteiger partial charge in [-0.25, -0.2) is 9.78 Å². The molecule has 2 amide bonds. The fraction of sp³-hybridized carbons (Fsp3) is 0.324. The molecule has 7 nitrogen and oxygen atoms in total. The second kappa shape index (κ2) is 13.1. The van der Waals surface area contributed by atoms with Crippen molar-refractivity contribution in [3.8, 4) is 11.3 Å². The van der Waals surface area contributed by atoms with E-state index in [1.54, 1.807) is 60.7 Å². The van der Waals surface area contributed by atoms with Crippen LogP contribution in [-0.4, -0.2) is 34.7 Å². The molecule has 0 radical (unpaired) electrons. The Hall–Kier alpha value is -3.88. The maximum atomic E-state index is 13.9. The highest BCUT2D eigenvalue weighted by molar-refractivity contribution is 9.10. The molecule has 0 N–H and O–H groups in total. The van der Waals surface area contributed by atoms with Crippen LogP contribution in [0.5, 0.6) is 0 Å². The van der Waals surface area contributed by atoms with Gasteiger partial charge in [-0.2, -0.15) is 0 Å². The van der Waals surface area contributed by atoms with Gasteiger partial charge in [-0.1, -0.05) is 74.3 Å². The van der Waals surface area contributed by atoms with Crippen molar-refractivity contribution in [1.82, 2.24) is 4.98 Å². The van der Waals surface area contributed by atoms with Gasteiger partial charge >= 0.3 is 5.97 Å². The van der Waals surface area contributed by atoms with Gasteiger partial charge in [0, 0.05) is 21.0 Å². The molecule has 1 saturated carbocycles. The molecular weight excluding hydrogens is 668 g/mol. The lowest BCUT2D eigenvalue weighted by atomic mass is 9.76. The Morgan fingerprint density at radius 3 is 2.41 bits per heavy atom. The third kappa shape index (κ3) is 5.89. The lowest BCUT2D eigenvalue weighted by Gasteiger charge is -2.25. The molecule has 2 aliphatic rings. The van der Waals surface area contributed by atoms with E-state index in [0.717, 1.165) is 19.3 Å². The summed E-state index contributed by atoms with van der Waals surface area (Å²) in [4.78, 5) is 60.0. The molecular formula is C37H34BrClN2O5. The number of hydrogen-bond donors (Lipinski definition) is 0. The maximum Gasteiger partial charge on any atom is 0.339 e. The molecule has 6 rings (SSSR count). The van der Waals surface area contributed by atoms with Crippen LogP contribution >= 0.6 is 27.5 Å². The average Bonchev–Trinajstić information content (AvgIpc) is 3.31. The van der Waals surface area contributed by atoms with E-state index in [0.29, 0.717) is 67.2 Å². The summed E-state index contributed by atoms with van der Waals surface area (Å²) in [6.07, 6.45) is 2.49. The number of anilines is 1. The summed E-state index contributed by atoms with van der Waals surface area (Å²) in [5.41, 5.74) is 3.59. The Balaban J connectivity index is 1.36. The zero-order valence-corrected chi connectivity index (χ0v) is 28.2. The predicted molar refractivity (Wildman–Crippen MR) is 182 cm³/mol. The van der Waals surface area contributed by atoms with Crippen molar-refractivity contribution in [3.63, 3.8) is 0 Å². The van der Waals surface area contributed by atoms with E-state index in [4.69, 9.17) is 21.3 Å². The number of fused-ring (bicyclic) bond motifs is 2. The standard InChI is InChI=1S/C37H34BrClN2O5/c1-4-8-31(34(42)23-9-6-5-7-10-23)46-37(45)28-19-30(40-33-21(3)32(39)29(38)18-26(28)33)22-12-14-24(15-13-22)41-35(43)25-16-11-20(2)17-27(25)36(41)44/h5-7,9-10,12-15,18-20,25,27,31H,4,8,11,16-17H2,1-3H3. The van der Waals surface area contributed by atoms with Gasteiger partial charge < -0.3 is 4.74 Å². The average molecular weight is 702 g/mol. The first kappa shape index (κ1) is 32.1. The number of carbonyl (C=O) groups excluding carboxylic acids is 4. The second-order valence-corrected chi connectivity index (χ2v) is 13.6. The molecule has 1 saturated heterocycles. The molecule has 9 heteroatoms. The summed E-state index contributed by atoms with van der Waals surface area (Å²) >= 11 is 10.1.